The second-order valence-corrected chi connectivity index (χ2v) is 9.88. The van der Waals surface area contributed by atoms with Crippen molar-refractivity contribution in [2.45, 2.75) is 24.8 Å². The lowest BCUT2D eigenvalue weighted by Gasteiger charge is -2.26. The summed E-state index contributed by atoms with van der Waals surface area (Å²) >= 11 is 1.11. The number of aryl methyl sites for hydroxylation is 1. The van der Waals surface area contributed by atoms with Crippen molar-refractivity contribution in [3.63, 3.8) is 0 Å². The van der Waals surface area contributed by atoms with E-state index in [1.807, 2.05) is 0 Å². The number of carbonyl (C=O) groups is 3. The van der Waals surface area contributed by atoms with Crippen LogP contribution in [0.1, 0.15) is 33.2 Å². The predicted octanol–water partition coefficient (Wildman–Crippen LogP) is 1.36. The van der Waals surface area contributed by atoms with Crippen molar-refractivity contribution in [2.24, 2.45) is 5.73 Å². The molecule has 2 amide bonds. The van der Waals surface area contributed by atoms with E-state index in [0.29, 0.717) is 18.8 Å². The second kappa shape index (κ2) is 9.77. The Morgan fingerprint density at radius 3 is 2.56 bits per heavy atom. The first kappa shape index (κ1) is 23.9. The summed E-state index contributed by atoms with van der Waals surface area (Å²) in [6.07, 6.45) is -1.20. The zero-order chi connectivity index (χ0) is 23.5. The van der Waals surface area contributed by atoms with Crippen LogP contribution < -0.4 is 11.1 Å². The summed E-state index contributed by atoms with van der Waals surface area (Å²) < 4.78 is 37.7. The molecule has 3 rings (SSSR count). The number of morpholine rings is 1. The fraction of sp³-hybridized carbons (Fsp3) is 0.350. The zero-order valence-electron chi connectivity index (χ0n) is 17.5. The van der Waals surface area contributed by atoms with E-state index < -0.39 is 33.9 Å². The number of sulfonamides is 1. The van der Waals surface area contributed by atoms with Crippen molar-refractivity contribution in [1.82, 2.24) is 4.31 Å². The standard InChI is InChI=1S/C20H23N3O7S2/c1-12-3-4-14(11-16(12)32(27,28)23-6-8-29-9-7-23)20(26)30-13(2)18(25)22-19-15(17(21)24)5-10-31-19/h3-5,10-11,13H,6-9H2,1-2H3,(H2,21,24)(H,22,25). The van der Waals surface area contributed by atoms with Gasteiger partial charge in [-0.05, 0) is 43.0 Å². The molecule has 1 saturated heterocycles. The van der Waals surface area contributed by atoms with Crippen molar-refractivity contribution in [1.29, 1.82) is 0 Å². The van der Waals surface area contributed by atoms with Crippen LogP contribution in [0, 0.1) is 6.92 Å². The third kappa shape index (κ3) is 5.15. The van der Waals surface area contributed by atoms with E-state index in [2.05, 4.69) is 5.32 Å². The fourth-order valence-electron chi connectivity index (χ4n) is 3.03. The smallest absolute Gasteiger partial charge is 0.338 e. The number of anilines is 1. The molecule has 1 aromatic heterocycles. The molecule has 1 fully saturated rings. The number of ether oxygens (including phenoxy) is 2. The van der Waals surface area contributed by atoms with Gasteiger partial charge in [-0.15, -0.1) is 11.3 Å². The number of hydrogen-bond donors (Lipinski definition) is 2. The lowest BCUT2D eigenvalue weighted by atomic mass is 10.1. The van der Waals surface area contributed by atoms with Crippen LogP contribution in [0.2, 0.25) is 0 Å². The number of primary amides is 1. The summed E-state index contributed by atoms with van der Waals surface area (Å²) in [5.41, 5.74) is 5.88. The topological polar surface area (TPSA) is 145 Å². The number of carbonyl (C=O) groups excluding carboxylic acids is 3. The van der Waals surface area contributed by atoms with Gasteiger partial charge in [-0.3, -0.25) is 9.59 Å². The van der Waals surface area contributed by atoms with E-state index >= 15 is 0 Å². The van der Waals surface area contributed by atoms with Crippen LogP contribution in [0.4, 0.5) is 5.00 Å². The molecule has 1 aliphatic heterocycles. The van der Waals surface area contributed by atoms with E-state index in [0.717, 1.165) is 11.3 Å². The number of hydrogen-bond acceptors (Lipinski definition) is 8. The van der Waals surface area contributed by atoms with Gasteiger partial charge in [0.1, 0.15) is 5.00 Å². The Labute approximate surface area is 189 Å². The number of nitrogens with zero attached hydrogens (tertiary/aromatic N) is 1. The van der Waals surface area contributed by atoms with Crippen LogP contribution in [-0.2, 0) is 24.3 Å². The van der Waals surface area contributed by atoms with E-state index in [4.69, 9.17) is 15.2 Å². The summed E-state index contributed by atoms with van der Waals surface area (Å²) in [6, 6.07) is 5.67. The molecule has 32 heavy (non-hydrogen) atoms. The molecule has 1 atom stereocenters. The maximum absolute atomic E-state index is 13.0. The van der Waals surface area contributed by atoms with Crippen LogP contribution in [0.25, 0.3) is 0 Å². The maximum Gasteiger partial charge on any atom is 0.338 e. The Kier molecular flexibility index (Phi) is 7.29. The average molecular weight is 482 g/mol. The lowest BCUT2D eigenvalue weighted by molar-refractivity contribution is -0.123. The van der Waals surface area contributed by atoms with Crippen LogP contribution in [0.15, 0.2) is 34.5 Å². The quantitative estimate of drug-likeness (QED) is 0.568. The maximum atomic E-state index is 13.0. The van der Waals surface area contributed by atoms with Gasteiger partial charge in [-0.25, -0.2) is 13.2 Å². The molecule has 0 saturated carbocycles. The molecule has 0 bridgehead atoms. The van der Waals surface area contributed by atoms with Gasteiger partial charge in [0.25, 0.3) is 11.8 Å². The first-order chi connectivity index (χ1) is 15.1. The number of benzene rings is 1. The normalized spacial score (nSPS) is 15.7. The molecule has 2 heterocycles. The van der Waals surface area contributed by atoms with Crippen LogP contribution in [0.5, 0.6) is 0 Å². The van der Waals surface area contributed by atoms with Crippen molar-refractivity contribution in [3.05, 3.63) is 46.3 Å². The molecule has 3 N–H and O–H groups in total. The highest BCUT2D eigenvalue weighted by molar-refractivity contribution is 7.89. The van der Waals surface area contributed by atoms with Crippen LogP contribution in [0.3, 0.4) is 0 Å². The van der Waals surface area contributed by atoms with Crippen LogP contribution in [-0.4, -0.2) is 62.9 Å². The van der Waals surface area contributed by atoms with Gasteiger partial charge in [0.2, 0.25) is 10.0 Å². The number of amides is 2. The molecule has 1 aliphatic rings. The van der Waals surface area contributed by atoms with Gasteiger partial charge in [0.15, 0.2) is 6.10 Å². The molecule has 0 aliphatic carbocycles. The minimum atomic E-state index is -3.82. The Balaban J connectivity index is 1.73. The Hall–Kier alpha value is -2.80. The summed E-state index contributed by atoms with van der Waals surface area (Å²) in [6.45, 7) is 4.05. The highest BCUT2D eigenvalue weighted by Gasteiger charge is 2.29. The second-order valence-electron chi connectivity index (χ2n) is 7.06. The number of esters is 1. The molecule has 172 valence electrons. The molecule has 0 radical (unpaired) electrons. The minimum absolute atomic E-state index is 0.00367. The Morgan fingerprint density at radius 2 is 1.91 bits per heavy atom. The Morgan fingerprint density at radius 1 is 1.22 bits per heavy atom. The van der Waals surface area contributed by atoms with E-state index in [9.17, 15) is 22.8 Å². The van der Waals surface area contributed by atoms with Crippen molar-refractivity contribution in [3.8, 4) is 0 Å². The molecule has 1 unspecified atom stereocenters. The highest BCUT2D eigenvalue weighted by atomic mass is 32.2. The van der Waals surface area contributed by atoms with E-state index in [-0.39, 0.29) is 34.1 Å². The molecule has 10 nitrogen and oxygen atoms in total. The number of nitrogens with one attached hydrogen (secondary N) is 1. The molecular formula is C20H23N3O7S2. The molecule has 1 aromatic carbocycles. The third-order valence-corrected chi connectivity index (χ3v) is 7.70. The van der Waals surface area contributed by atoms with Gasteiger partial charge in [0.05, 0.1) is 29.2 Å². The first-order valence-electron chi connectivity index (χ1n) is 9.69. The van der Waals surface area contributed by atoms with Crippen molar-refractivity contribution < 1.29 is 32.3 Å². The fourth-order valence-corrected chi connectivity index (χ4v) is 5.48. The molecule has 2 aromatic rings. The van der Waals surface area contributed by atoms with Gasteiger partial charge in [0, 0.05) is 13.1 Å². The SMILES string of the molecule is Cc1ccc(C(=O)OC(C)C(=O)Nc2sccc2C(N)=O)cc1S(=O)(=O)N1CCOCC1. The molecule has 0 spiro atoms. The largest absolute Gasteiger partial charge is 0.449 e. The van der Waals surface area contributed by atoms with E-state index in [1.165, 1.54) is 35.5 Å². The summed E-state index contributed by atoms with van der Waals surface area (Å²) in [5, 5.41) is 4.35. The van der Waals surface area contributed by atoms with Gasteiger partial charge < -0.3 is 20.5 Å². The number of nitrogens with two attached hydrogens (primary N) is 1. The highest BCUT2D eigenvalue weighted by Crippen LogP contribution is 2.24. The monoisotopic (exact) mass is 481 g/mol. The van der Waals surface area contributed by atoms with Crippen LogP contribution >= 0.6 is 11.3 Å². The van der Waals surface area contributed by atoms with Crippen molar-refractivity contribution in [2.75, 3.05) is 31.6 Å². The molecular weight excluding hydrogens is 458 g/mol. The average Bonchev–Trinajstić information content (AvgIpc) is 3.22. The van der Waals surface area contributed by atoms with Gasteiger partial charge in [-0.2, -0.15) is 4.31 Å². The predicted molar refractivity (Wildman–Crippen MR) is 117 cm³/mol. The number of rotatable bonds is 7. The van der Waals surface area contributed by atoms with E-state index in [1.54, 1.807) is 12.3 Å². The van der Waals surface area contributed by atoms with Gasteiger partial charge in [-0.1, -0.05) is 6.07 Å². The lowest BCUT2D eigenvalue weighted by Crippen LogP contribution is -2.40. The number of thiophene rings is 1. The summed E-state index contributed by atoms with van der Waals surface area (Å²) in [5.74, 6) is -2.20. The summed E-state index contributed by atoms with van der Waals surface area (Å²) in [7, 11) is -3.82. The van der Waals surface area contributed by atoms with Gasteiger partial charge >= 0.3 is 5.97 Å². The zero-order valence-corrected chi connectivity index (χ0v) is 19.1. The third-order valence-electron chi connectivity index (χ3n) is 4.83. The first-order valence-corrected chi connectivity index (χ1v) is 12.0. The van der Waals surface area contributed by atoms with Crippen molar-refractivity contribution >= 4 is 44.1 Å². The Bertz CT molecular complexity index is 1140. The minimum Gasteiger partial charge on any atom is -0.449 e. The summed E-state index contributed by atoms with van der Waals surface area (Å²) in [4.78, 5) is 36.4. The molecule has 12 heteroatoms.